The van der Waals surface area contributed by atoms with Crippen molar-refractivity contribution in [1.82, 2.24) is 0 Å². The van der Waals surface area contributed by atoms with Crippen molar-refractivity contribution in [2.45, 2.75) is 117 Å². The molecule has 0 fully saturated rings. The molecular formula is C18H40O2Si. The zero-order valence-electron chi connectivity index (χ0n) is 15.5. The first kappa shape index (κ1) is 21.1. The molecule has 0 rings (SSSR count). The van der Waals surface area contributed by atoms with E-state index in [1.54, 1.807) is 0 Å². The largest absolute Gasteiger partial charge is 0.392 e. The van der Waals surface area contributed by atoms with Crippen LogP contribution in [0.5, 0.6) is 0 Å². The van der Waals surface area contributed by atoms with Crippen LogP contribution in [0.2, 0.25) is 12.1 Å². The van der Waals surface area contributed by atoms with Crippen LogP contribution >= 0.6 is 0 Å². The molecule has 0 radical (unpaired) electrons. The predicted molar refractivity (Wildman–Crippen MR) is 96.1 cm³/mol. The molecule has 0 aliphatic carbocycles. The van der Waals surface area contributed by atoms with Crippen molar-refractivity contribution in [1.29, 1.82) is 0 Å². The molecule has 0 N–H and O–H groups in total. The van der Waals surface area contributed by atoms with E-state index in [9.17, 15) is 0 Å². The van der Waals surface area contributed by atoms with Crippen LogP contribution in [-0.2, 0) is 8.85 Å². The lowest BCUT2D eigenvalue weighted by molar-refractivity contribution is 0.103. The summed E-state index contributed by atoms with van der Waals surface area (Å²) in [5.74, 6) is 0. The first-order valence-corrected chi connectivity index (χ1v) is 11.5. The van der Waals surface area contributed by atoms with Gasteiger partial charge in [0.15, 0.2) is 0 Å². The summed E-state index contributed by atoms with van der Waals surface area (Å²) >= 11 is 0. The van der Waals surface area contributed by atoms with Crippen LogP contribution in [0.4, 0.5) is 0 Å². The average molecular weight is 317 g/mol. The number of rotatable bonds is 14. The number of hydrogen-bond donors (Lipinski definition) is 0. The molecule has 0 saturated heterocycles. The third-order valence-electron chi connectivity index (χ3n) is 3.72. The molecule has 0 bridgehead atoms. The lowest BCUT2D eigenvalue weighted by Gasteiger charge is -2.34. The van der Waals surface area contributed by atoms with Gasteiger partial charge in [0.05, 0.1) is 0 Å². The summed E-state index contributed by atoms with van der Waals surface area (Å²) in [5, 5.41) is 0. The van der Waals surface area contributed by atoms with Crippen LogP contribution < -0.4 is 0 Å². The van der Waals surface area contributed by atoms with Crippen molar-refractivity contribution in [3.05, 3.63) is 0 Å². The smallest absolute Gasteiger partial charge is 0.338 e. The molecule has 0 saturated carbocycles. The Kier molecular flexibility index (Phi) is 12.7. The Hall–Kier alpha value is 0.137. The summed E-state index contributed by atoms with van der Waals surface area (Å²) in [5.41, 5.74) is 0. The highest BCUT2D eigenvalue weighted by Gasteiger charge is 2.38. The fourth-order valence-corrected chi connectivity index (χ4v) is 6.96. The van der Waals surface area contributed by atoms with E-state index in [0.717, 1.165) is 0 Å². The minimum Gasteiger partial charge on any atom is -0.392 e. The Morgan fingerprint density at radius 1 is 0.619 bits per heavy atom. The van der Waals surface area contributed by atoms with E-state index in [-0.39, 0.29) is 12.2 Å². The molecule has 0 aromatic heterocycles. The van der Waals surface area contributed by atoms with E-state index in [1.807, 2.05) is 0 Å². The highest BCUT2D eigenvalue weighted by molar-refractivity contribution is 6.67. The first-order chi connectivity index (χ1) is 9.95. The van der Waals surface area contributed by atoms with Crippen LogP contribution in [0, 0.1) is 0 Å². The monoisotopic (exact) mass is 316 g/mol. The van der Waals surface area contributed by atoms with Crippen LogP contribution in [0.25, 0.3) is 0 Å². The normalized spacial score (nSPS) is 12.6. The van der Waals surface area contributed by atoms with Crippen molar-refractivity contribution in [2.75, 3.05) is 0 Å². The summed E-state index contributed by atoms with van der Waals surface area (Å²) in [6.45, 7) is 13.2. The molecule has 3 heteroatoms. The minimum absolute atomic E-state index is 0.285. The first-order valence-electron chi connectivity index (χ1n) is 9.31. The van der Waals surface area contributed by atoms with E-state index >= 15 is 0 Å². The second kappa shape index (κ2) is 12.7. The Morgan fingerprint density at radius 2 is 1.00 bits per heavy atom. The molecule has 21 heavy (non-hydrogen) atoms. The Balaban J connectivity index is 4.59. The van der Waals surface area contributed by atoms with Crippen molar-refractivity contribution < 1.29 is 8.85 Å². The lowest BCUT2D eigenvalue weighted by atomic mass is 10.2. The molecule has 0 spiro atoms. The van der Waals surface area contributed by atoms with Gasteiger partial charge in [0.25, 0.3) is 0 Å². The molecule has 0 unspecified atom stereocenters. The molecule has 0 aliphatic rings. The average Bonchev–Trinajstić information content (AvgIpc) is 2.38. The molecule has 0 aromatic carbocycles. The van der Waals surface area contributed by atoms with Crippen molar-refractivity contribution in [3.8, 4) is 0 Å². The molecule has 0 amide bonds. The molecule has 0 atom stereocenters. The number of hydrogen-bond acceptors (Lipinski definition) is 2. The van der Waals surface area contributed by atoms with Gasteiger partial charge in [-0.05, 0) is 39.8 Å². The second-order valence-corrected chi connectivity index (χ2v) is 10.2. The van der Waals surface area contributed by atoms with Gasteiger partial charge in [0.1, 0.15) is 0 Å². The van der Waals surface area contributed by atoms with Crippen LogP contribution in [-0.4, -0.2) is 20.8 Å². The quantitative estimate of drug-likeness (QED) is 0.271. The zero-order chi connectivity index (χ0) is 16.1. The van der Waals surface area contributed by atoms with Gasteiger partial charge in [0, 0.05) is 12.2 Å². The van der Waals surface area contributed by atoms with Crippen LogP contribution in [0.1, 0.15) is 92.9 Å². The summed E-state index contributed by atoms with van der Waals surface area (Å²) in [4.78, 5) is 0. The highest BCUT2D eigenvalue weighted by atomic mass is 28.4. The Morgan fingerprint density at radius 3 is 1.29 bits per heavy atom. The topological polar surface area (TPSA) is 18.5 Å². The maximum absolute atomic E-state index is 6.43. The SMILES string of the molecule is CCCCCC[Si](CCCCCC)(OC(C)C)OC(C)C. The molecule has 2 nitrogen and oxygen atoms in total. The van der Waals surface area contributed by atoms with Crippen LogP contribution in [0.3, 0.4) is 0 Å². The predicted octanol–water partition coefficient (Wildman–Crippen LogP) is 6.44. The van der Waals surface area contributed by atoms with Crippen molar-refractivity contribution in [2.24, 2.45) is 0 Å². The van der Waals surface area contributed by atoms with Gasteiger partial charge in [-0.3, -0.25) is 0 Å². The molecule has 128 valence electrons. The standard InChI is InChI=1S/C18H40O2Si/c1-7-9-11-13-15-21(19-17(3)4,20-18(5)6)16-14-12-10-8-2/h17-18H,7-16H2,1-6H3. The Bertz CT molecular complexity index is 205. The summed E-state index contributed by atoms with van der Waals surface area (Å²) in [6, 6.07) is 2.35. The van der Waals surface area contributed by atoms with E-state index in [4.69, 9.17) is 8.85 Å². The third-order valence-corrected chi connectivity index (χ3v) is 7.76. The van der Waals surface area contributed by atoms with Gasteiger partial charge in [0.2, 0.25) is 0 Å². The summed E-state index contributed by atoms with van der Waals surface area (Å²) in [7, 11) is -2.02. The van der Waals surface area contributed by atoms with Gasteiger partial charge in [-0.2, -0.15) is 0 Å². The summed E-state index contributed by atoms with van der Waals surface area (Å²) in [6.07, 6.45) is 11.0. The van der Waals surface area contributed by atoms with Gasteiger partial charge in [-0.1, -0.05) is 65.2 Å². The molecule has 0 heterocycles. The van der Waals surface area contributed by atoms with Gasteiger partial charge < -0.3 is 8.85 Å². The fraction of sp³-hybridized carbons (Fsp3) is 1.00. The zero-order valence-corrected chi connectivity index (χ0v) is 16.5. The number of unbranched alkanes of at least 4 members (excludes halogenated alkanes) is 6. The van der Waals surface area contributed by atoms with Crippen molar-refractivity contribution in [3.63, 3.8) is 0 Å². The van der Waals surface area contributed by atoms with E-state index in [1.165, 1.54) is 63.5 Å². The lowest BCUT2D eigenvalue weighted by Crippen LogP contribution is -2.45. The van der Waals surface area contributed by atoms with Gasteiger partial charge in [-0.15, -0.1) is 0 Å². The fourth-order valence-electron chi connectivity index (χ4n) is 2.89. The minimum atomic E-state index is -2.02. The van der Waals surface area contributed by atoms with E-state index in [2.05, 4.69) is 41.5 Å². The molecule has 0 aromatic rings. The van der Waals surface area contributed by atoms with Crippen LogP contribution in [0.15, 0.2) is 0 Å². The van der Waals surface area contributed by atoms with Gasteiger partial charge >= 0.3 is 8.56 Å². The Labute approximate surface area is 135 Å². The molecular weight excluding hydrogens is 276 g/mol. The molecule has 0 aliphatic heterocycles. The van der Waals surface area contributed by atoms with Crippen molar-refractivity contribution >= 4 is 8.56 Å². The highest BCUT2D eigenvalue weighted by Crippen LogP contribution is 2.28. The van der Waals surface area contributed by atoms with Gasteiger partial charge in [-0.25, -0.2) is 0 Å². The third kappa shape index (κ3) is 11.4. The second-order valence-electron chi connectivity index (χ2n) is 6.87. The maximum atomic E-state index is 6.43. The maximum Gasteiger partial charge on any atom is 0.338 e. The van der Waals surface area contributed by atoms with E-state index in [0.29, 0.717) is 0 Å². The van der Waals surface area contributed by atoms with E-state index < -0.39 is 8.56 Å². The summed E-state index contributed by atoms with van der Waals surface area (Å²) < 4.78 is 12.9.